The van der Waals surface area contributed by atoms with Crippen molar-refractivity contribution < 1.29 is 4.79 Å². The van der Waals surface area contributed by atoms with Crippen LogP contribution in [0.2, 0.25) is 0 Å². The van der Waals surface area contributed by atoms with Gasteiger partial charge in [0, 0.05) is 23.2 Å². The van der Waals surface area contributed by atoms with Crippen molar-refractivity contribution in [3.05, 3.63) is 58.4 Å². The summed E-state index contributed by atoms with van der Waals surface area (Å²) < 4.78 is 1.88. The summed E-state index contributed by atoms with van der Waals surface area (Å²) >= 11 is 1.48. The minimum Gasteiger partial charge on any atom is -0.298 e. The van der Waals surface area contributed by atoms with Gasteiger partial charge in [0.1, 0.15) is 0 Å². The molecule has 0 spiro atoms. The van der Waals surface area contributed by atoms with Crippen LogP contribution in [0.4, 0.5) is 5.13 Å². The maximum atomic E-state index is 12.6. The third-order valence-electron chi connectivity index (χ3n) is 4.99. The molecule has 1 fully saturated rings. The van der Waals surface area contributed by atoms with Crippen molar-refractivity contribution in [2.45, 2.75) is 39.7 Å². The van der Waals surface area contributed by atoms with Gasteiger partial charge in [-0.1, -0.05) is 6.42 Å². The molecule has 3 aromatic rings. The van der Waals surface area contributed by atoms with E-state index >= 15 is 0 Å². The lowest BCUT2D eigenvalue weighted by Crippen LogP contribution is -2.29. The van der Waals surface area contributed by atoms with Gasteiger partial charge in [0.25, 0.3) is 5.91 Å². The van der Waals surface area contributed by atoms with E-state index < -0.39 is 0 Å². The lowest BCUT2D eigenvalue weighted by molar-refractivity contribution is 0.102. The molecule has 28 heavy (non-hydrogen) atoms. The number of nitrogens with zero attached hydrogens (tertiary/aromatic N) is 4. The monoisotopic (exact) mass is 395 g/mol. The standard InChI is InChI=1S/C21H25N5OS/c1-15-12-16(2)26(24-15)19-8-6-17(7-9-19)20(27)23-21-22-18(14-28-21)13-25-10-4-3-5-11-25/h6-9,12,14H,3-5,10-11,13H2,1-2H3,(H,22,23,27). The van der Waals surface area contributed by atoms with Gasteiger partial charge in [-0.2, -0.15) is 5.10 Å². The third kappa shape index (κ3) is 4.31. The highest BCUT2D eigenvalue weighted by Crippen LogP contribution is 2.20. The average molecular weight is 396 g/mol. The molecule has 1 saturated heterocycles. The number of rotatable bonds is 5. The van der Waals surface area contributed by atoms with Crippen LogP contribution in [-0.2, 0) is 6.54 Å². The predicted octanol–water partition coefficient (Wildman–Crippen LogP) is 4.18. The first-order valence-corrected chi connectivity index (χ1v) is 10.6. The molecule has 0 saturated carbocycles. The van der Waals surface area contributed by atoms with Gasteiger partial charge in [-0.15, -0.1) is 11.3 Å². The first-order valence-electron chi connectivity index (χ1n) is 9.70. The van der Waals surface area contributed by atoms with Gasteiger partial charge in [0.15, 0.2) is 5.13 Å². The second-order valence-electron chi connectivity index (χ2n) is 7.32. The molecule has 146 valence electrons. The number of hydrogen-bond donors (Lipinski definition) is 1. The molecule has 0 aliphatic carbocycles. The van der Waals surface area contributed by atoms with Crippen LogP contribution < -0.4 is 5.32 Å². The van der Waals surface area contributed by atoms with E-state index in [2.05, 4.69) is 20.3 Å². The summed E-state index contributed by atoms with van der Waals surface area (Å²) in [5.41, 5.74) is 4.63. The summed E-state index contributed by atoms with van der Waals surface area (Å²) in [5.74, 6) is -0.140. The number of aryl methyl sites for hydroxylation is 2. The van der Waals surface area contributed by atoms with E-state index in [9.17, 15) is 4.79 Å². The highest BCUT2D eigenvalue weighted by atomic mass is 32.1. The van der Waals surface area contributed by atoms with E-state index in [-0.39, 0.29) is 5.91 Å². The molecule has 3 heterocycles. The Morgan fingerprint density at radius 3 is 2.57 bits per heavy atom. The molecule has 2 aromatic heterocycles. The van der Waals surface area contributed by atoms with Gasteiger partial charge in [-0.05, 0) is 70.1 Å². The summed E-state index contributed by atoms with van der Waals surface area (Å²) in [6.07, 6.45) is 3.86. The van der Waals surface area contributed by atoms with Crippen molar-refractivity contribution in [2.75, 3.05) is 18.4 Å². The molecule has 0 atom stereocenters. The maximum Gasteiger partial charge on any atom is 0.257 e. The van der Waals surface area contributed by atoms with E-state index in [0.717, 1.165) is 42.4 Å². The first kappa shape index (κ1) is 18.8. The van der Waals surface area contributed by atoms with Gasteiger partial charge in [0.05, 0.1) is 17.1 Å². The fraction of sp³-hybridized carbons (Fsp3) is 0.381. The maximum absolute atomic E-state index is 12.6. The van der Waals surface area contributed by atoms with Gasteiger partial charge in [0.2, 0.25) is 0 Å². The molecule has 1 N–H and O–H groups in total. The van der Waals surface area contributed by atoms with Gasteiger partial charge >= 0.3 is 0 Å². The van der Waals surface area contributed by atoms with Gasteiger partial charge in [-0.3, -0.25) is 15.0 Å². The predicted molar refractivity (Wildman–Crippen MR) is 112 cm³/mol. The summed E-state index contributed by atoms with van der Waals surface area (Å²) in [4.78, 5) is 19.6. The highest BCUT2D eigenvalue weighted by molar-refractivity contribution is 7.13. The van der Waals surface area contributed by atoms with Crippen molar-refractivity contribution in [3.63, 3.8) is 0 Å². The molecule has 0 bridgehead atoms. The summed E-state index contributed by atoms with van der Waals surface area (Å²) in [7, 11) is 0. The summed E-state index contributed by atoms with van der Waals surface area (Å²) in [6.45, 7) is 7.13. The SMILES string of the molecule is Cc1cc(C)n(-c2ccc(C(=O)Nc3nc(CN4CCCCC4)cs3)cc2)n1. The fourth-order valence-corrected chi connectivity index (χ4v) is 4.29. The number of amides is 1. The average Bonchev–Trinajstić information content (AvgIpc) is 3.28. The van der Waals surface area contributed by atoms with Crippen LogP contribution in [0.15, 0.2) is 35.7 Å². The van der Waals surface area contributed by atoms with Crippen LogP contribution in [0.5, 0.6) is 0 Å². The number of benzene rings is 1. The molecule has 1 aliphatic heterocycles. The van der Waals surface area contributed by atoms with Gasteiger partial charge < -0.3 is 0 Å². The number of thiazole rings is 1. The van der Waals surface area contributed by atoms with Crippen LogP contribution in [0.25, 0.3) is 5.69 Å². The van der Waals surface area contributed by atoms with Gasteiger partial charge in [-0.25, -0.2) is 9.67 Å². The number of hydrogen-bond acceptors (Lipinski definition) is 5. The normalized spacial score (nSPS) is 14.9. The zero-order chi connectivity index (χ0) is 19.5. The Labute approximate surface area is 169 Å². The first-order chi connectivity index (χ1) is 13.6. The molecule has 6 nitrogen and oxygen atoms in total. The molecule has 0 unspecified atom stereocenters. The van der Waals surface area contributed by atoms with Crippen molar-refractivity contribution in [2.24, 2.45) is 0 Å². The number of nitrogens with one attached hydrogen (secondary N) is 1. The zero-order valence-corrected chi connectivity index (χ0v) is 17.1. The molecular weight excluding hydrogens is 370 g/mol. The Hall–Kier alpha value is -2.51. The number of carbonyl (C=O) groups is 1. The minimum atomic E-state index is -0.140. The van der Waals surface area contributed by atoms with Crippen molar-refractivity contribution >= 4 is 22.4 Å². The Balaban J connectivity index is 1.39. The third-order valence-corrected chi connectivity index (χ3v) is 5.80. The van der Waals surface area contributed by atoms with Crippen LogP contribution >= 0.6 is 11.3 Å². The van der Waals surface area contributed by atoms with Crippen molar-refractivity contribution in [3.8, 4) is 5.69 Å². The van der Waals surface area contributed by atoms with E-state index in [4.69, 9.17) is 0 Å². The summed E-state index contributed by atoms with van der Waals surface area (Å²) in [6, 6.07) is 9.51. The van der Waals surface area contributed by atoms with E-state index in [1.165, 1.54) is 30.6 Å². The second kappa shape index (κ2) is 8.24. The lowest BCUT2D eigenvalue weighted by Gasteiger charge is -2.25. The quantitative estimate of drug-likeness (QED) is 0.704. The van der Waals surface area contributed by atoms with Crippen LogP contribution in [0.1, 0.15) is 46.7 Å². The number of anilines is 1. The molecule has 7 heteroatoms. The summed E-state index contributed by atoms with van der Waals surface area (Å²) in [5, 5.41) is 10.1. The molecule has 1 amide bonds. The topological polar surface area (TPSA) is 63.1 Å². The number of piperidine rings is 1. The van der Waals surface area contributed by atoms with Crippen LogP contribution in [-0.4, -0.2) is 38.7 Å². The lowest BCUT2D eigenvalue weighted by atomic mass is 10.1. The van der Waals surface area contributed by atoms with Crippen molar-refractivity contribution in [1.29, 1.82) is 0 Å². The Kier molecular flexibility index (Phi) is 5.54. The zero-order valence-electron chi connectivity index (χ0n) is 16.3. The number of aromatic nitrogens is 3. The Morgan fingerprint density at radius 1 is 1.14 bits per heavy atom. The largest absolute Gasteiger partial charge is 0.298 e. The number of carbonyl (C=O) groups excluding carboxylic acids is 1. The Morgan fingerprint density at radius 2 is 1.89 bits per heavy atom. The molecule has 4 rings (SSSR count). The van der Waals surface area contributed by atoms with Crippen LogP contribution in [0, 0.1) is 13.8 Å². The minimum absolute atomic E-state index is 0.140. The van der Waals surface area contributed by atoms with E-state index in [0.29, 0.717) is 10.7 Å². The number of likely N-dealkylation sites (tertiary alicyclic amines) is 1. The molecule has 1 aliphatic rings. The molecule has 0 radical (unpaired) electrons. The van der Waals surface area contributed by atoms with Crippen molar-refractivity contribution in [1.82, 2.24) is 19.7 Å². The highest BCUT2D eigenvalue weighted by Gasteiger charge is 2.14. The smallest absolute Gasteiger partial charge is 0.257 e. The fourth-order valence-electron chi connectivity index (χ4n) is 3.60. The van der Waals surface area contributed by atoms with E-state index in [1.807, 2.05) is 54.2 Å². The van der Waals surface area contributed by atoms with Crippen LogP contribution in [0.3, 0.4) is 0 Å². The van der Waals surface area contributed by atoms with E-state index in [1.54, 1.807) is 0 Å². The second-order valence-corrected chi connectivity index (χ2v) is 8.18. The molecular formula is C21H25N5OS. The molecule has 1 aromatic carbocycles. The Bertz CT molecular complexity index is 954.